The highest BCUT2D eigenvalue weighted by molar-refractivity contribution is 5.75. The van der Waals surface area contributed by atoms with Gasteiger partial charge in [0.05, 0.1) is 0 Å². The number of rotatable bonds is 3. The van der Waals surface area contributed by atoms with Crippen molar-refractivity contribution >= 4 is 5.97 Å². The first-order chi connectivity index (χ1) is 8.68. The lowest BCUT2D eigenvalue weighted by Crippen LogP contribution is -2.36. The summed E-state index contributed by atoms with van der Waals surface area (Å²) in [7, 11) is 0. The normalized spacial score (nSPS) is 19.2. The molecular formula is C13H17FN2O2. The zero-order valence-corrected chi connectivity index (χ0v) is 10.1. The quantitative estimate of drug-likeness (QED) is 0.850. The van der Waals surface area contributed by atoms with Crippen molar-refractivity contribution in [3.63, 3.8) is 0 Å². The van der Waals surface area contributed by atoms with Crippen LogP contribution in [-0.2, 0) is 4.79 Å². The molecule has 0 spiro atoms. The molecule has 1 aromatic rings. The minimum atomic E-state index is -0.886. The van der Waals surface area contributed by atoms with Gasteiger partial charge in [-0.2, -0.15) is 0 Å². The first-order valence-corrected chi connectivity index (χ1v) is 6.11. The second-order valence-corrected chi connectivity index (χ2v) is 4.43. The van der Waals surface area contributed by atoms with E-state index in [2.05, 4.69) is 5.32 Å². The van der Waals surface area contributed by atoms with Gasteiger partial charge in [0.2, 0.25) is 0 Å². The predicted molar refractivity (Wildman–Crippen MR) is 65.8 cm³/mol. The molecule has 1 atom stereocenters. The summed E-state index contributed by atoms with van der Waals surface area (Å²) < 4.78 is 12.9. The molecule has 2 N–H and O–H groups in total. The number of carboxylic acid groups (broad SMARTS) is 1. The van der Waals surface area contributed by atoms with Crippen LogP contribution in [0.3, 0.4) is 0 Å². The summed E-state index contributed by atoms with van der Waals surface area (Å²) in [6.45, 7) is 3.12. The fraction of sp³-hybridized carbons (Fsp3) is 0.462. The number of carboxylic acids is 1. The summed E-state index contributed by atoms with van der Waals surface area (Å²) in [5.41, 5.74) is 0.630. The summed E-state index contributed by atoms with van der Waals surface area (Å²) in [5.74, 6) is -1.23. The summed E-state index contributed by atoms with van der Waals surface area (Å²) in [4.78, 5) is 13.4. The predicted octanol–water partition coefficient (Wildman–Crippen LogP) is 1.25. The van der Waals surface area contributed by atoms with E-state index >= 15 is 0 Å². The fourth-order valence-corrected chi connectivity index (χ4v) is 2.28. The Kier molecular flexibility index (Phi) is 4.28. The zero-order valence-electron chi connectivity index (χ0n) is 10.1. The summed E-state index contributed by atoms with van der Waals surface area (Å²) >= 11 is 0. The molecule has 0 bridgehead atoms. The summed E-state index contributed by atoms with van der Waals surface area (Å²) in [6.07, 6.45) is 0.922. The maximum atomic E-state index is 12.9. The molecule has 0 amide bonds. The topological polar surface area (TPSA) is 52.6 Å². The number of aliphatic carboxylic acids is 1. The fourth-order valence-electron chi connectivity index (χ4n) is 2.28. The largest absolute Gasteiger partial charge is 0.480 e. The van der Waals surface area contributed by atoms with E-state index in [1.165, 1.54) is 12.1 Å². The molecule has 1 saturated heterocycles. The Morgan fingerprint density at radius 3 is 2.67 bits per heavy atom. The molecule has 0 saturated carbocycles. The number of carbonyl (C=O) groups is 1. The lowest BCUT2D eigenvalue weighted by Gasteiger charge is -2.27. The standard InChI is InChI=1S/C13H17FN2O2/c14-11-4-2-10(3-5-11)12(13(17)18)16-8-1-6-15-7-9-16/h2-5,12,15H,1,6-9H2,(H,17,18). The van der Waals surface area contributed by atoms with E-state index in [-0.39, 0.29) is 5.82 Å². The maximum absolute atomic E-state index is 12.9. The number of halogens is 1. The third-order valence-electron chi connectivity index (χ3n) is 3.16. The highest BCUT2D eigenvalue weighted by Crippen LogP contribution is 2.22. The second-order valence-electron chi connectivity index (χ2n) is 4.43. The molecule has 4 nitrogen and oxygen atoms in total. The monoisotopic (exact) mass is 252 g/mol. The van der Waals surface area contributed by atoms with Gasteiger partial charge >= 0.3 is 5.97 Å². The van der Waals surface area contributed by atoms with E-state index in [1.54, 1.807) is 12.1 Å². The van der Waals surface area contributed by atoms with Gasteiger partial charge in [-0.15, -0.1) is 0 Å². The van der Waals surface area contributed by atoms with Crippen molar-refractivity contribution in [2.24, 2.45) is 0 Å². The number of benzene rings is 1. The first-order valence-electron chi connectivity index (χ1n) is 6.11. The minimum absolute atomic E-state index is 0.347. The van der Waals surface area contributed by atoms with Crippen LogP contribution in [0, 0.1) is 5.82 Å². The van der Waals surface area contributed by atoms with Crippen molar-refractivity contribution in [1.82, 2.24) is 10.2 Å². The van der Waals surface area contributed by atoms with Gasteiger partial charge in [-0.25, -0.2) is 4.39 Å². The zero-order chi connectivity index (χ0) is 13.0. The first kappa shape index (κ1) is 13.0. The Hall–Kier alpha value is -1.46. The molecule has 18 heavy (non-hydrogen) atoms. The molecule has 0 radical (unpaired) electrons. The van der Waals surface area contributed by atoms with Gasteiger partial charge in [-0.1, -0.05) is 12.1 Å². The van der Waals surface area contributed by atoms with Crippen LogP contribution < -0.4 is 5.32 Å². The van der Waals surface area contributed by atoms with Crippen LogP contribution in [0.4, 0.5) is 4.39 Å². The number of nitrogens with zero attached hydrogens (tertiary/aromatic N) is 1. The van der Waals surface area contributed by atoms with Gasteiger partial charge in [0.1, 0.15) is 11.9 Å². The third-order valence-corrected chi connectivity index (χ3v) is 3.16. The van der Waals surface area contributed by atoms with E-state index in [4.69, 9.17) is 0 Å². The Labute approximate surface area is 105 Å². The maximum Gasteiger partial charge on any atom is 0.325 e. The average molecular weight is 252 g/mol. The van der Waals surface area contributed by atoms with Crippen molar-refractivity contribution in [3.05, 3.63) is 35.6 Å². The smallest absolute Gasteiger partial charge is 0.325 e. The molecule has 1 aliphatic heterocycles. The Bertz CT molecular complexity index is 400. The molecule has 5 heteroatoms. The summed E-state index contributed by atoms with van der Waals surface area (Å²) in [5, 5.41) is 12.6. The molecule has 1 heterocycles. The molecule has 0 aliphatic carbocycles. The highest BCUT2D eigenvalue weighted by atomic mass is 19.1. The Morgan fingerprint density at radius 2 is 2.00 bits per heavy atom. The van der Waals surface area contributed by atoms with Crippen LogP contribution in [0.2, 0.25) is 0 Å². The van der Waals surface area contributed by atoms with Crippen molar-refractivity contribution in [2.45, 2.75) is 12.5 Å². The minimum Gasteiger partial charge on any atom is -0.480 e. The third kappa shape index (κ3) is 3.05. The van der Waals surface area contributed by atoms with Crippen molar-refractivity contribution in [1.29, 1.82) is 0 Å². The lowest BCUT2D eigenvalue weighted by atomic mass is 10.1. The summed E-state index contributed by atoms with van der Waals surface area (Å²) in [6, 6.07) is 5.02. The second kappa shape index (κ2) is 5.93. The van der Waals surface area contributed by atoms with Crippen LogP contribution in [0.1, 0.15) is 18.0 Å². The van der Waals surface area contributed by atoms with Gasteiger partial charge in [-0.3, -0.25) is 9.69 Å². The van der Waals surface area contributed by atoms with Crippen molar-refractivity contribution in [3.8, 4) is 0 Å². The van der Waals surface area contributed by atoms with E-state index in [0.29, 0.717) is 12.1 Å². The van der Waals surface area contributed by atoms with Crippen molar-refractivity contribution < 1.29 is 14.3 Å². The molecule has 1 fully saturated rings. The Balaban J connectivity index is 2.21. The number of hydrogen-bond acceptors (Lipinski definition) is 3. The molecule has 1 aromatic carbocycles. The van der Waals surface area contributed by atoms with Gasteiger partial charge in [0.25, 0.3) is 0 Å². The molecular weight excluding hydrogens is 235 g/mol. The molecule has 2 rings (SSSR count). The van der Waals surface area contributed by atoms with Gasteiger partial charge in [-0.05, 0) is 30.7 Å². The average Bonchev–Trinajstić information content (AvgIpc) is 2.60. The van der Waals surface area contributed by atoms with E-state index in [0.717, 1.165) is 26.1 Å². The van der Waals surface area contributed by atoms with Crippen molar-refractivity contribution in [2.75, 3.05) is 26.2 Å². The van der Waals surface area contributed by atoms with Gasteiger partial charge in [0.15, 0.2) is 0 Å². The van der Waals surface area contributed by atoms with Crippen LogP contribution in [0.25, 0.3) is 0 Å². The SMILES string of the molecule is O=C(O)C(c1ccc(F)cc1)N1CCCNCC1. The van der Waals surface area contributed by atoms with Crippen LogP contribution >= 0.6 is 0 Å². The van der Waals surface area contributed by atoms with Crippen LogP contribution in [0.15, 0.2) is 24.3 Å². The van der Waals surface area contributed by atoms with E-state index in [9.17, 15) is 14.3 Å². The van der Waals surface area contributed by atoms with E-state index < -0.39 is 12.0 Å². The number of nitrogens with one attached hydrogen (secondary N) is 1. The Morgan fingerprint density at radius 1 is 1.28 bits per heavy atom. The number of hydrogen-bond donors (Lipinski definition) is 2. The van der Waals surface area contributed by atoms with Crippen LogP contribution in [0.5, 0.6) is 0 Å². The lowest BCUT2D eigenvalue weighted by molar-refractivity contribution is -0.143. The van der Waals surface area contributed by atoms with E-state index in [1.807, 2.05) is 4.90 Å². The highest BCUT2D eigenvalue weighted by Gasteiger charge is 2.27. The van der Waals surface area contributed by atoms with Gasteiger partial charge < -0.3 is 10.4 Å². The molecule has 98 valence electrons. The molecule has 0 aromatic heterocycles. The molecule has 1 unspecified atom stereocenters. The van der Waals surface area contributed by atoms with Gasteiger partial charge in [0, 0.05) is 19.6 Å². The molecule has 1 aliphatic rings. The van der Waals surface area contributed by atoms with Crippen LogP contribution in [-0.4, -0.2) is 42.2 Å².